The average Bonchev–Trinajstić information content (AvgIpc) is 2.04. The number of nitrogens with one attached hydrogen (secondary N) is 2. The quantitative estimate of drug-likeness (QED) is 0.649. The number of piperazine rings is 1. The summed E-state index contributed by atoms with van der Waals surface area (Å²) in [6, 6.07) is 0.604. The molecule has 0 aromatic carbocycles. The lowest BCUT2D eigenvalue weighted by molar-refractivity contribution is 0.169. The van der Waals surface area contributed by atoms with Crippen molar-refractivity contribution in [2.24, 2.45) is 5.41 Å². The predicted molar refractivity (Wildman–Crippen MR) is 57.9 cm³/mol. The molecule has 78 valence electrons. The van der Waals surface area contributed by atoms with Gasteiger partial charge in [-0.05, 0) is 18.8 Å². The van der Waals surface area contributed by atoms with Crippen molar-refractivity contribution >= 4 is 0 Å². The normalized spacial score (nSPS) is 36.2. The highest BCUT2D eigenvalue weighted by Crippen LogP contribution is 2.23. The fraction of sp³-hybridized carbons (Fsp3) is 1.00. The van der Waals surface area contributed by atoms with Gasteiger partial charge in [-0.1, -0.05) is 27.7 Å². The maximum absolute atomic E-state index is 3.64. The predicted octanol–water partition coefficient (Wildman–Crippen LogP) is 1.76. The summed E-state index contributed by atoms with van der Waals surface area (Å²) >= 11 is 0. The SMILES string of the molecule is CCC1(C)CNC(C(C)(C)C)CN1. The lowest BCUT2D eigenvalue weighted by Crippen LogP contribution is -2.64. The van der Waals surface area contributed by atoms with E-state index in [-0.39, 0.29) is 0 Å². The topological polar surface area (TPSA) is 24.1 Å². The van der Waals surface area contributed by atoms with Crippen molar-refractivity contribution in [2.45, 2.75) is 52.6 Å². The van der Waals surface area contributed by atoms with E-state index in [0.717, 1.165) is 13.1 Å². The summed E-state index contributed by atoms with van der Waals surface area (Å²) in [6.07, 6.45) is 1.19. The summed E-state index contributed by atoms with van der Waals surface area (Å²) < 4.78 is 0. The maximum Gasteiger partial charge on any atom is 0.0276 e. The van der Waals surface area contributed by atoms with Crippen LogP contribution in [-0.4, -0.2) is 24.7 Å². The number of rotatable bonds is 1. The van der Waals surface area contributed by atoms with Crippen LogP contribution in [0.5, 0.6) is 0 Å². The van der Waals surface area contributed by atoms with Gasteiger partial charge in [-0.25, -0.2) is 0 Å². The van der Waals surface area contributed by atoms with Gasteiger partial charge in [0.1, 0.15) is 0 Å². The van der Waals surface area contributed by atoms with E-state index in [4.69, 9.17) is 0 Å². The third-order valence-corrected chi connectivity index (χ3v) is 3.30. The summed E-state index contributed by atoms with van der Waals surface area (Å²) in [7, 11) is 0. The van der Waals surface area contributed by atoms with Crippen LogP contribution in [0.3, 0.4) is 0 Å². The van der Waals surface area contributed by atoms with Crippen molar-refractivity contribution in [2.75, 3.05) is 13.1 Å². The lowest BCUT2D eigenvalue weighted by atomic mass is 9.83. The van der Waals surface area contributed by atoms with Gasteiger partial charge in [0.25, 0.3) is 0 Å². The van der Waals surface area contributed by atoms with Crippen molar-refractivity contribution in [3.8, 4) is 0 Å². The molecule has 2 atom stereocenters. The molecule has 0 saturated carbocycles. The molecule has 0 aromatic rings. The summed E-state index contributed by atoms with van der Waals surface area (Å²) in [5, 5.41) is 7.28. The molecule has 13 heavy (non-hydrogen) atoms. The standard InChI is InChI=1S/C11H24N2/c1-6-11(5)8-12-9(7-13-11)10(2,3)4/h9,12-13H,6-8H2,1-5H3. The fourth-order valence-corrected chi connectivity index (χ4v) is 1.69. The van der Waals surface area contributed by atoms with Crippen LogP contribution < -0.4 is 10.6 Å². The van der Waals surface area contributed by atoms with Crippen molar-refractivity contribution < 1.29 is 0 Å². The van der Waals surface area contributed by atoms with E-state index in [1.54, 1.807) is 0 Å². The van der Waals surface area contributed by atoms with Crippen molar-refractivity contribution in [1.29, 1.82) is 0 Å². The molecule has 1 heterocycles. The van der Waals surface area contributed by atoms with Crippen LogP contribution in [0.1, 0.15) is 41.0 Å². The second-order valence-electron chi connectivity index (χ2n) is 5.59. The molecular formula is C11H24N2. The zero-order valence-electron chi connectivity index (χ0n) is 9.70. The highest BCUT2D eigenvalue weighted by Gasteiger charge is 2.33. The summed E-state index contributed by atoms with van der Waals surface area (Å²) in [5.41, 5.74) is 0.670. The molecule has 0 bridgehead atoms. The molecule has 2 heteroatoms. The second kappa shape index (κ2) is 3.58. The average molecular weight is 184 g/mol. The zero-order chi connectivity index (χ0) is 10.1. The summed E-state index contributed by atoms with van der Waals surface area (Å²) in [5.74, 6) is 0. The first kappa shape index (κ1) is 11.0. The summed E-state index contributed by atoms with van der Waals surface area (Å²) in [4.78, 5) is 0. The van der Waals surface area contributed by atoms with Gasteiger partial charge in [0.15, 0.2) is 0 Å². The van der Waals surface area contributed by atoms with Crippen LogP contribution in [-0.2, 0) is 0 Å². The van der Waals surface area contributed by atoms with Crippen molar-refractivity contribution in [3.63, 3.8) is 0 Å². The minimum Gasteiger partial charge on any atom is -0.310 e. The Labute approximate surface area is 82.5 Å². The smallest absolute Gasteiger partial charge is 0.0276 e. The molecule has 0 spiro atoms. The third kappa shape index (κ3) is 2.68. The number of hydrogen-bond donors (Lipinski definition) is 2. The molecule has 1 aliphatic heterocycles. The van der Waals surface area contributed by atoms with Gasteiger partial charge in [0.2, 0.25) is 0 Å². The van der Waals surface area contributed by atoms with Crippen LogP contribution in [0, 0.1) is 5.41 Å². The Morgan fingerprint density at radius 3 is 2.31 bits per heavy atom. The summed E-state index contributed by atoms with van der Waals surface area (Å²) in [6.45, 7) is 13.6. The van der Waals surface area contributed by atoms with E-state index < -0.39 is 0 Å². The van der Waals surface area contributed by atoms with Crippen molar-refractivity contribution in [3.05, 3.63) is 0 Å². The molecule has 1 fully saturated rings. The van der Waals surface area contributed by atoms with E-state index in [1.165, 1.54) is 6.42 Å². The van der Waals surface area contributed by atoms with Gasteiger partial charge in [-0.2, -0.15) is 0 Å². The van der Waals surface area contributed by atoms with Gasteiger partial charge >= 0.3 is 0 Å². The van der Waals surface area contributed by atoms with E-state index in [9.17, 15) is 0 Å². The Morgan fingerprint density at radius 2 is 2.00 bits per heavy atom. The van der Waals surface area contributed by atoms with E-state index in [0.29, 0.717) is 17.0 Å². The van der Waals surface area contributed by atoms with Crippen LogP contribution in [0.15, 0.2) is 0 Å². The van der Waals surface area contributed by atoms with Crippen LogP contribution in [0.4, 0.5) is 0 Å². The first-order chi connectivity index (χ1) is 5.87. The van der Waals surface area contributed by atoms with Gasteiger partial charge in [-0.3, -0.25) is 0 Å². The monoisotopic (exact) mass is 184 g/mol. The fourth-order valence-electron chi connectivity index (χ4n) is 1.69. The highest BCUT2D eigenvalue weighted by molar-refractivity contribution is 4.95. The highest BCUT2D eigenvalue weighted by atomic mass is 15.1. The van der Waals surface area contributed by atoms with E-state index in [2.05, 4.69) is 45.3 Å². The molecule has 1 aliphatic rings. The molecule has 0 radical (unpaired) electrons. The molecule has 2 nitrogen and oxygen atoms in total. The van der Waals surface area contributed by atoms with Crippen LogP contribution in [0.25, 0.3) is 0 Å². The van der Waals surface area contributed by atoms with Gasteiger partial charge in [0.05, 0.1) is 0 Å². The number of hydrogen-bond acceptors (Lipinski definition) is 2. The van der Waals surface area contributed by atoms with E-state index >= 15 is 0 Å². The minimum absolute atomic E-state index is 0.307. The Morgan fingerprint density at radius 1 is 1.38 bits per heavy atom. The lowest BCUT2D eigenvalue weighted by Gasteiger charge is -2.43. The molecule has 0 aliphatic carbocycles. The zero-order valence-corrected chi connectivity index (χ0v) is 9.70. The largest absolute Gasteiger partial charge is 0.310 e. The third-order valence-electron chi connectivity index (χ3n) is 3.30. The van der Waals surface area contributed by atoms with Crippen LogP contribution in [0.2, 0.25) is 0 Å². The Hall–Kier alpha value is -0.0800. The van der Waals surface area contributed by atoms with Gasteiger partial charge in [-0.15, -0.1) is 0 Å². The molecule has 0 aromatic heterocycles. The van der Waals surface area contributed by atoms with Gasteiger partial charge < -0.3 is 10.6 Å². The Balaban J connectivity index is 2.48. The molecule has 2 N–H and O–H groups in total. The Bertz CT molecular complexity index is 161. The van der Waals surface area contributed by atoms with Crippen molar-refractivity contribution in [1.82, 2.24) is 10.6 Å². The van der Waals surface area contributed by atoms with E-state index in [1.807, 2.05) is 0 Å². The first-order valence-corrected chi connectivity index (χ1v) is 5.36. The molecule has 1 rings (SSSR count). The second-order valence-corrected chi connectivity index (χ2v) is 5.59. The molecular weight excluding hydrogens is 160 g/mol. The van der Waals surface area contributed by atoms with Crippen LogP contribution >= 0.6 is 0 Å². The molecule has 1 saturated heterocycles. The molecule has 2 unspecified atom stereocenters. The maximum atomic E-state index is 3.64. The van der Waals surface area contributed by atoms with Gasteiger partial charge in [0, 0.05) is 24.7 Å². The molecule has 0 amide bonds. The Kier molecular flexibility index (Phi) is 3.03. The minimum atomic E-state index is 0.307. The first-order valence-electron chi connectivity index (χ1n) is 5.36.